The van der Waals surface area contributed by atoms with Gasteiger partial charge in [-0.15, -0.1) is 0 Å². The minimum atomic E-state index is 0.118. The Bertz CT molecular complexity index is 28.9. The van der Waals surface area contributed by atoms with Gasteiger partial charge in [-0.05, 0) is 0 Å². The van der Waals surface area contributed by atoms with E-state index in [4.69, 9.17) is 9.84 Å². The van der Waals surface area contributed by atoms with Gasteiger partial charge in [0.25, 0.3) is 0 Å². The van der Waals surface area contributed by atoms with Gasteiger partial charge in [-0.2, -0.15) is 0 Å². The summed E-state index contributed by atoms with van der Waals surface area (Å²) in [7, 11) is 0. The first kappa shape index (κ1) is 7.40. The van der Waals surface area contributed by atoms with Crippen molar-refractivity contribution in [2.24, 2.45) is 0 Å². The molecule has 0 heterocycles. The molecule has 0 bridgehead atoms. The largest absolute Gasteiger partial charge is 0.394 e. The Labute approximate surface area is 51.6 Å². The van der Waals surface area contributed by atoms with E-state index in [-0.39, 0.29) is 6.61 Å². The molecule has 0 spiro atoms. The minimum Gasteiger partial charge on any atom is -0.394 e. The van der Waals surface area contributed by atoms with Gasteiger partial charge in [0.15, 0.2) is 0 Å². The van der Waals surface area contributed by atoms with Gasteiger partial charge in [0.2, 0.25) is 0 Å². The van der Waals surface area contributed by atoms with Crippen molar-refractivity contribution in [2.45, 2.75) is 0 Å². The molecular formula is C4H9BrO2. The highest BCUT2D eigenvalue weighted by atomic mass is 79.9. The molecule has 3 heteroatoms. The number of rotatable bonds is 4. The first-order valence-corrected chi connectivity index (χ1v) is 3.28. The fraction of sp³-hybridized carbons (Fsp3) is 1.00. The Balaban J connectivity index is 2.45. The second-order valence-corrected chi connectivity index (χ2v) is 1.82. The molecule has 0 saturated carbocycles. The quantitative estimate of drug-likeness (QED) is 0.487. The van der Waals surface area contributed by atoms with Gasteiger partial charge < -0.3 is 9.84 Å². The van der Waals surface area contributed by atoms with Crippen LogP contribution in [0.5, 0.6) is 0 Å². The normalized spacial score (nSPS) is 9.43. The number of aliphatic hydroxyl groups excluding tert-OH is 1. The molecule has 0 aromatic rings. The molecule has 0 unspecified atom stereocenters. The smallest absolute Gasteiger partial charge is 0.0698 e. The third-order valence-corrected chi connectivity index (χ3v) is 0.781. The van der Waals surface area contributed by atoms with E-state index in [2.05, 4.69) is 15.9 Å². The first-order valence-electron chi connectivity index (χ1n) is 2.16. The van der Waals surface area contributed by atoms with Crippen molar-refractivity contribution < 1.29 is 9.84 Å². The Hall–Kier alpha value is 0.400. The lowest BCUT2D eigenvalue weighted by molar-refractivity contribution is 0.104. The van der Waals surface area contributed by atoms with E-state index >= 15 is 0 Å². The minimum absolute atomic E-state index is 0.118. The van der Waals surface area contributed by atoms with Gasteiger partial charge in [0.05, 0.1) is 19.8 Å². The summed E-state index contributed by atoms with van der Waals surface area (Å²) in [6.07, 6.45) is 0. The van der Waals surface area contributed by atoms with Gasteiger partial charge >= 0.3 is 0 Å². The Morgan fingerprint density at radius 3 is 2.57 bits per heavy atom. The summed E-state index contributed by atoms with van der Waals surface area (Å²) in [5.74, 6) is 0. The Morgan fingerprint density at radius 1 is 1.43 bits per heavy atom. The zero-order chi connectivity index (χ0) is 5.54. The van der Waals surface area contributed by atoms with E-state index in [0.717, 1.165) is 5.33 Å². The SMILES string of the molecule is OCCOCCBr. The molecular weight excluding hydrogens is 160 g/mol. The number of aliphatic hydroxyl groups is 1. The van der Waals surface area contributed by atoms with Crippen LogP contribution in [0.25, 0.3) is 0 Å². The maximum Gasteiger partial charge on any atom is 0.0698 e. The molecule has 0 aliphatic rings. The van der Waals surface area contributed by atoms with Crippen molar-refractivity contribution in [1.82, 2.24) is 0 Å². The molecule has 2 nitrogen and oxygen atoms in total. The first-order chi connectivity index (χ1) is 3.41. The van der Waals surface area contributed by atoms with Crippen LogP contribution in [0.4, 0.5) is 0 Å². The monoisotopic (exact) mass is 168 g/mol. The fourth-order valence-electron chi connectivity index (χ4n) is 0.221. The number of ether oxygens (including phenoxy) is 1. The van der Waals surface area contributed by atoms with E-state index in [0.29, 0.717) is 13.2 Å². The van der Waals surface area contributed by atoms with Crippen LogP contribution in [-0.4, -0.2) is 30.3 Å². The lowest BCUT2D eigenvalue weighted by Crippen LogP contribution is -2.00. The lowest BCUT2D eigenvalue weighted by atomic mass is 10.8. The molecule has 0 radical (unpaired) electrons. The van der Waals surface area contributed by atoms with Crippen LogP contribution >= 0.6 is 15.9 Å². The van der Waals surface area contributed by atoms with Gasteiger partial charge in [0.1, 0.15) is 0 Å². The Kier molecular flexibility index (Phi) is 6.77. The molecule has 0 aliphatic heterocycles. The van der Waals surface area contributed by atoms with Crippen molar-refractivity contribution in [3.05, 3.63) is 0 Å². The highest BCUT2D eigenvalue weighted by Crippen LogP contribution is 1.79. The summed E-state index contributed by atoms with van der Waals surface area (Å²) in [6.45, 7) is 1.25. The molecule has 0 rings (SSSR count). The number of alkyl halides is 1. The van der Waals surface area contributed by atoms with Gasteiger partial charge in [0, 0.05) is 5.33 Å². The van der Waals surface area contributed by atoms with Crippen LogP contribution in [0.3, 0.4) is 0 Å². The van der Waals surface area contributed by atoms with Crippen molar-refractivity contribution in [2.75, 3.05) is 25.2 Å². The maximum atomic E-state index is 8.15. The van der Waals surface area contributed by atoms with Crippen LogP contribution in [0.1, 0.15) is 0 Å². The van der Waals surface area contributed by atoms with Crippen molar-refractivity contribution in [1.29, 1.82) is 0 Å². The van der Waals surface area contributed by atoms with E-state index in [1.807, 2.05) is 0 Å². The standard InChI is InChI=1S/C4H9BrO2/c5-1-3-7-4-2-6/h6H,1-4H2. The van der Waals surface area contributed by atoms with E-state index < -0.39 is 0 Å². The molecule has 0 aromatic heterocycles. The topological polar surface area (TPSA) is 29.5 Å². The predicted molar refractivity (Wildman–Crippen MR) is 31.7 cm³/mol. The van der Waals surface area contributed by atoms with Crippen molar-refractivity contribution >= 4 is 15.9 Å². The molecule has 0 aromatic carbocycles. The number of halogens is 1. The zero-order valence-corrected chi connectivity index (χ0v) is 5.65. The third-order valence-electron chi connectivity index (χ3n) is 0.457. The van der Waals surface area contributed by atoms with Gasteiger partial charge in [-0.1, -0.05) is 15.9 Å². The summed E-state index contributed by atoms with van der Waals surface area (Å²) in [5.41, 5.74) is 0. The predicted octanol–water partition coefficient (Wildman–Crippen LogP) is 0.390. The highest BCUT2D eigenvalue weighted by Gasteiger charge is 1.79. The van der Waals surface area contributed by atoms with E-state index in [1.54, 1.807) is 0 Å². The molecule has 7 heavy (non-hydrogen) atoms. The van der Waals surface area contributed by atoms with Crippen molar-refractivity contribution in [3.8, 4) is 0 Å². The Morgan fingerprint density at radius 2 is 2.14 bits per heavy atom. The van der Waals surface area contributed by atoms with Gasteiger partial charge in [-0.25, -0.2) is 0 Å². The summed E-state index contributed by atoms with van der Waals surface area (Å²) < 4.78 is 4.84. The number of hydrogen-bond acceptors (Lipinski definition) is 2. The van der Waals surface area contributed by atoms with Crippen molar-refractivity contribution in [3.63, 3.8) is 0 Å². The fourth-order valence-corrected chi connectivity index (χ4v) is 0.450. The molecule has 0 fully saturated rings. The molecule has 0 saturated heterocycles. The summed E-state index contributed by atoms with van der Waals surface area (Å²) >= 11 is 3.17. The highest BCUT2D eigenvalue weighted by molar-refractivity contribution is 9.09. The van der Waals surface area contributed by atoms with E-state index in [1.165, 1.54) is 0 Å². The zero-order valence-electron chi connectivity index (χ0n) is 4.06. The summed E-state index contributed by atoms with van der Waals surface area (Å²) in [4.78, 5) is 0. The summed E-state index contributed by atoms with van der Waals surface area (Å²) in [5, 5.41) is 8.99. The van der Waals surface area contributed by atoms with Crippen LogP contribution in [-0.2, 0) is 4.74 Å². The van der Waals surface area contributed by atoms with E-state index in [9.17, 15) is 0 Å². The molecule has 0 amide bonds. The lowest BCUT2D eigenvalue weighted by Gasteiger charge is -1.94. The van der Waals surface area contributed by atoms with Crippen LogP contribution in [0.2, 0.25) is 0 Å². The molecule has 1 N–H and O–H groups in total. The average Bonchev–Trinajstić information content (AvgIpc) is 1.69. The van der Waals surface area contributed by atoms with Crippen LogP contribution in [0, 0.1) is 0 Å². The molecule has 44 valence electrons. The van der Waals surface area contributed by atoms with Gasteiger partial charge in [-0.3, -0.25) is 0 Å². The third kappa shape index (κ3) is 6.40. The molecule has 0 atom stereocenters. The maximum absolute atomic E-state index is 8.15. The summed E-state index contributed by atoms with van der Waals surface area (Å²) in [6, 6.07) is 0. The average molecular weight is 169 g/mol. The second-order valence-electron chi connectivity index (χ2n) is 1.02. The van der Waals surface area contributed by atoms with Crippen LogP contribution in [0.15, 0.2) is 0 Å². The number of hydrogen-bond donors (Lipinski definition) is 1. The molecule has 0 aliphatic carbocycles. The van der Waals surface area contributed by atoms with Crippen LogP contribution < -0.4 is 0 Å². The second kappa shape index (κ2) is 6.40.